The molecule has 4 heteroatoms. The van der Waals surface area contributed by atoms with Gasteiger partial charge in [-0.1, -0.05) is 40.7 Å². The van der Waals surface area contributed by atoms with Crippen molar-refractivity contribution >= 4 is 11.9 Å². The molecule has 0 spiro atoms. The van der Waals surface area contributed by atoms with Crippen molar-refractivity contribution in [3.8, 4) is 0 Å². The molecule has 1 aliphatic heterocycles. The minimum atomic E-state index is -0.182. The molecular formula is C24H37NO3. The molecule has 0 aromatic heterocycles. The van der Waals surface area contributed by atoms with E-state index in [9.17, 15) is 9.59 Å². The molecule has 0 aromatic rings. The zero-order chi connectivity index (χ0) is 20.3. The number of carbonyl (C=O) groups is 2. The van der Waals surface area contributed by atoms with Crippen LogP contribution in [0.15, 0.2) is 12.2 Å². The van der Waals surface area contributed by atoms with Gasteiger partial charge in [-0.3, -0.25) is 4.79 Å². The van der Waals surface area contributed by atoms with Gasteiger partial charge in [0.1, 0.15) is 6.10 Å². The van der Waals surface area contributed by atoms with Crippen molar-refractivity contribution in [2.24, 2.45) is 39.9 Å². The van der Waals surface area contributed by atoms with E-state index in [1.165, 1.54) is 12.8 Å². The third-order valence-electron chi connectivity index (χ3n) is 8.46. The van der Waals surface area contributed by atoms with E-state index < -0.39 is 0 Å². The SMILES string of the molecule is CC(C)(C)CNC(=O)C1C[C@H]2[C@@H]3CCC4OC(=O)C=C[C@]4(C)[C@@H]3CC[C@]2(C)C1. The summed E-state index contributed by atoms with van der Waals surface area (Å²) in [6.07, 6.45) is 10.3. The lowest BCUT2D eigenvalue weighted by molar-refractivity contribution is -0.166. The smallest absolute Gasteiger partial charge is 0.330 e. The normalized spacial score (nSPS) is 44.9. The third kappa shape index (κ3) is 3.31. The summed E-state index contributed by atoms with van der Waals surface area (Å²) in [5.41, 5.74) is 0.363. The molecule has 1 heterocycles. The number of carbonyl (C=O) groups excluding carboxylic acids is 2. The van der Waals surface area contributed by atoms with Crippen LogP contribution in [-0.2, 0) is 14.3 Å². The molecule has 3 aliphatic carbocycles. The van der Waals surface area contributed by atoms with Crippen molar-refractivity contribution in [3.63, 3.8) is 0 Å². The van der Waals surface area contributed by atoms with E-state index in [4.69, 9.17) is 4.74 Å². The van der Waals surface area contributed by atoms with Gasteiger partial charge in [0.15, 0.2) is 0 Å². The zero-order valence-electron chi connectivity index (χ0n) is 18.2. The number of ether oxygens (including phenoxy) is 1. The van der Waals surface area contributed by atoms with Crippen LogP contribution in [0.25, 0.3) is 0 Å². The Morgan fingerprint density at radius 2 is 1.96 bits per heavy atom. The number of hydrogen-bond acceptors (Lipinski definition) is 3. The van der Waals surface area contributed by atoms with Crippen LogP contribution in [-0.4, -0.2) is 24.5 Å². The number of nitrogens with one attached hydrogen (secondary N) is 1. The Labute approximate surface area is 169 Å². The maximum atomic E-state index is 12.9. The summed E-state index contributed by atoms with van der Waals surface area (Å²) in [5, 5.41) is 3.21. The zero-order valence-corrected chi connectivity index (χ0v) is 18.2. The Kier molecular flexibility index (Phi) is 4.71. The fourth-order valence-electron chi connectivity index (χ4n) is 6.96. The third-order valence-corrected chi connectivity index (χ3v) is 8.46. The second-order valence-electron chi connectivity index (χ2n) is 11.7. The average molecular weight is 388 g/mol. The first-order valence-electron chi connectivity index (χ1n) is 11.2. The van der Waals surface area contributed by atoms with Gasteiger partial charge in [-0.25, -0.2) is 4.79 Å². The first-order valence-corrected chi connectivity index (χ1v) is 11.2. The first-order chi connectivity index (χ1) is 13.0. The second kappa shape index (κ2) is 6.60. The Morgan fingerprint density at radius 3 is 2.68 bits per heavy atom. The molecule has 0 saturated heterocycles. The summed E-state index contributed by atoms with van der Waals surface area (Å²) < 4.78 is 5.71. The Morgan fingerprint density at radius 1 is 1.21 bits per heavy atom. The van der Waals surface area contributed by atoms with Crippen molar-refractivity contribution < 1.29 is 14.3 Å². The van der Waals surface area contributed by atoms with E-state index in [0.29, 0.717) is 17.8 Å². The Hall–Kier alpha value is -1.32. The van der Waals surface area contributed by atoms with Crippen LogP contribution in [0.5, 0.6) is 0 Å². The second-order valence-corrected chi connectivity index (χ2v) is 11.7. The predicted molar refractivity (Wildman–Crippen MR) is 109 cm³/mol. The van der Waals surface area contributed by atoms with Gasteiger partial charge in [0, 0.05) is 24.0 Å². The predicted octanol–water partition coefficient (Wildman–Crippen LogP) is 4.49. The molecule has 0 bridgehead atoms. The van der Waals surface area contributed by atoms with E-state index >= 15 is 0 Å². The molecule has 156 valence electrons. The molecule has 28 heavy (non-hydrogen) atoms. The lowest BCUT2D eigenvalue weighted by Crippen LogP contribution is -2.54. The molecule has 4 nitrogen and oxygen atoms in total. The average Bonchev–Trinajstić information content (AvgIpc) is 2.97. The summed E-state index contributed by atoms with van der Waals surface area (Å²) >= 11 is 0. The monoisotopic (exact) mass is 387 g/mol. The van der Waals surface area contributed by atoms with Crippen LogP contribution in [0.3, 0.4) is 0 Å². The summed E-state index contributed by atoms with van der Waals surface area (Å²) in [6, 6.07) is 0. The van der Waals surface area contributed by atoms with E-state index in [2.05, 4.69) is 46.0 Å². The summed E-state index contributed by atoms with van der Waals surface area (Å²) in [6.45, 7) is 12.0. The minimum absolute atomic E-state index is 0.0305. The van der Waals surface area contributed by atoms with Crippen molar-refractivity contribution in [1.82, 2.24) is 5.32 Å². The fourth-order valence-corrected chi connectivity index (χ4v) is 6.96. The van der Waals surface area contributed by atoms with Gasteiger partial charge in [-0.05, 0) is 67.1 Å². The molecule has 4 rings (SSSR count). The standard InChI is InChI=1S/C24H37NO3/c1-22(2,3)14-25-21(27)15-12-18-16-6-7-19-24(5,11-9-20(26)28-19)17(16)8-10-23(18,4)13-15/h9,11,15-19H,6-8,10,12-14H2,1-5H3,(H,25,27)/t15?,16-,17-,18+,19?,23-,24-/m1/s1. The van der Waals surface area contributed by atoms with Gasteiger partial charge in [0.25, 0.3) is 0 Å². The van der Waals surface area contributed by atoms with Gasteiger partial charge in [-0.2, -0.15) is 0 Å². The van der Waals surface area contributed by atoms with Crippen molar-refractivity contribution in [3.05, 3.63) is 12.2 Å². The fraction of sp³-hybridized carbons (Fsp3) is 0.833. The summed E-state index contributed by atoms with van der Waals surface area (Å²) in [4.78, 5) is 24.6. The number of rotatable bonds is 2. The molecular weight excluding hydrogens is 350 g/mol. The van der Waals surface area contributed by atoms with Crippen LogP contribution in [0.2, 0.25) is 0 Å². The topological polar surface area (TPSA) is 55.4 Å². The molecule has 1 N–H and O–H groups in total. The molecule has 7 atom stereocenters. The highest BCUT2D eigenvalue weighted by Crippen LogP contribution is 2.64. The lowest BCUT2D eigenvalue weighted by atomic mass is 9.49. The van der Waals surface area contributed by atoms with Crippen LogP contribution >= 0.6 is 0 Å². The number of fused-ring (bicyclic) bond motifs is 5. The van der Waals surface area contributed by atoms with Gasteiger partial charge in [0.05, 0.1) is 0 Å². The first kappa shape index (κ1) is 20.0. The van der Waals surface area contributed by atoms with Gasteiger partial charge in [0.2, 0.25) is 5.91 Å². The largest absolute Gasteiger partial charge is 0.458 e. The number of amides is 1. The van der Waals surface area contributed by atoms with E-state index in [-0.39, 0.29) is 40.1 Å². The number of esters is 1. The van der Waals surface area contributed by atoms with Crippen LogP contribution < -0.4 is 5.32 Å². The maximum absolute atomic E-state index is 12.9. The molecule has 0 radical (unpaired) electrons. The molecule has 2 unspecified atom stereocenters. The molecule has 1 amide bonds. The maximum Gasteiger partial charge on any atom is 0.330 e. The highest BCUT2D eigenvalue weighted by molar-refractivity contribution is 5.83. The van der Waals surface area contributed by atoms with Gasteiger partial charge < -0.3 is 10.1 Å². The quantitative estimate of drug-likeness (QED) is 0.710. The van der Waals surface area contributed by atoms with Crippen molar-refractivity contribution in [2.75, 3.05) is 6.54 Å². The van der Waals surface area contributed by atoms with Crippen LogP contribution in [0, 0.1) is 39.9 Å². The summed E-state index contributed by atoms with van der Waals surface area (Å²) in [7, 11) is 0. The highest BCUT2D eigenvalue weighted by Gasteiger charge is 2.60. The highest BCUT2D eigenvalue weighted by atomic mass is 16.5. The molecule has 4 aliphatic rings. The van der Waals surface area contributed by atoms with Crippen LogP contribution in [0.4, 0.5) is 0 Å². The van der Waals surface area contributed by atoms with E-state index in [1.807, 2.05) is 0 Å². The molecule has 3 saturated carbocycles. The number of hydrogen-bond donors (Lipinski definition) is 1. The Bertz CT molecular complexity index is 692. The molecule has 3 fully saturated rings. The van der Waals surface area contributed by atoms with Crippen molar-refractivity contribution in [2.45, 2.75) is 79.2 Å². The van der Waals surface area contributed by atoms with Crippen molar-refractivity contribution in [1.29, 1.82) is 0 Å². The molecule has 0 aromatic carbocycles. The van der Waals surface area contributed by atoms with Crippen LogP contribution in [0.1, 0.15) is 73.1 Å². The van der Waals surface area contributed by atoms with E-state index in [0.717, 1.165) is 32.2 Å². The van der Waals surface area contributed by atoms with Gasteiger partial charge >= 0.3 is 5.97 Å². The summed E-state index contributed by atoms with van der Waals surface area (Å²) in [5.74, 6) is 2.04. The Balaban J connectivity index is 1.51. The minimum Gasteiger partial charge on any atom is -0.458 e. The van der Waals surface area contributed by atoms with Gasteiger partial charge in [-0.15, -0.1) is 0 Å². The lowest BCUT2D eigenvalue weighted by Gasteiger charge is -2.57. The van der Waals surface area contributed by atoms with E-state index in [1.54, 1.807) is 6.08 Å².